The van der Waals surface area contributed by atoms with Crippen molar-refractivity contribution in [2.75, 3.05) is 0 Å². The van der Waals surface area contributed by atoms with Crippen LogP contribution in [0.15, 0.2) is 24.3 Å². The fourth-order valence-corrected chi connectivity index (χ4v) is 1.21. The first-order valence-electron chi connectivity index (χ1n) is 4.10. The van der Waals surface area contributed by atoms with E-state index in [2.05, 4.69) is 0 Å². The van der Waals surface area contributed by atoms with Crippen LogP contribution in [0.3, 0.4) is 0 Å². The second-order valence-corrected chi connectivity index (χ2v) is 3.09. The van der Waals surface area contributed by atoms with Gasteiger partial charge in [0.25, 0.3) is 0 Å². The molecule has 13 heavy (non-hydrogen) atoms. The van der Waals surface area contributed by atoms with Crippen LogP contribution in [0.5, 0.6) is 5.75 Å². The summed E-state index contributed by atoms with van der Waals surface area (Å²) in [6, 6.07) is 6.68. The van der Waals surface area contributed by atoms with Crippen molar-refractivity contribution >= 4 is 5.97 Å². The Kier molecular flexibility index (Phi) is 2.90. The minimum Gasteiger partial charge on any atom is -0.508 e. The van der Waals surface area contributed by atoms with Gasteiger partial charge in [-0.25, -0.2) is 0 Å². The summed E-state index contributed by atoms with van der Waals surface area (Å²) in [5.41, 5.74) is 0.849. The number of aliphatic carboxylic acids is 1. The van der Waals surface area contributed by atoms with E-state index < -0.39 is 5.97 Å². The van der Waals surface area contributed by atoms with Crippen molar-refractivity contribution in [2.24, 2.45) is 0 Å². The summed E-state index contributed by atoms with van der Waals surface area (Å²) < 4.78 is 0. The molecule has 1 atom stereocenters. The Bertz CT molecular complexity index is 307. The molecule has 0 bridgehead atoms. The van der Waals surface area contributed by atoms with Gasteiger partial charge in [-0.15, -0.1) is 0 Å². The summed E-state index contributed by atoms with van der Waals surface area (Å²) in [5.74, 6) is -0.713. The predicted molar refractivity (Wildman–Crippen MR) is 48.8 cm³/mol. The summed E-state index contributed by atoms with van der Waals surface area (Å²) >= 11 is 0. The molecule has 0 aliphatic carbocycles. The molecule has 0 unspecified atom stereocenters. The first-order chi connectivity index (χ1) is 6.09. The van der Waals surface area contributed by atoms with Crippen LogP contribution in [0.25, 0.3) is 0 Å². The molecule has 1 rings (SSSR count). The van der Waals surface area contributed by atoms with Gasteiger partial charge in [-0.2, -0.15) is 0 Å². The van der Waals surface area contributed by atoms with E-state index in [0.29, 0.717) is 0 Å². The van der Waals surface area contributed by atoms with E-state index in [9.17, 15) is 4.79 Å². The monoisotopic (exact) mass is 180 g/mol. The van der Waals surface area contributed by atoms with Crippen LogP contribution in [0.1, 0.15) is 24.8 Å². The van der Waals surface area contributed by atoms with Crippen LogP contribution in [0, 0.1) is 0 Å². The van der Waals surface area contributed by atoms with E-state index in [1.807, 2.05) is 13.0 Å². The second-order valence-electron chi connectivity index (χ2n) is 3.09. The number of rotatable bonds is 3. The van der Waals surface area contributed by atoms with Gasteiger partial charge in [0.1, 0.15) is 5.75 Å². The second kappa shape index (κ2) is 3.94. The molecule has 0 amide bonds. The van der Waals surface area contributed by atoms with Crippen LogP contribution >= 0.6 is 0 Å². The quantitative estimate of drug-likeness (QED) is 0.747. The normalized spacial score (nSPS) is 12.4. The number of phenolic OH excluding ortho intramolecular Hbond substituents is 1. The zero-order valence-corrected chi connectivity index (χ0v) is 7.40. The summed E-state index contributed by atoms with van der Waals surface area (Å²) in [6.07, 6.45) is 0.0868. The highest BCUT2D eigenvalue weighted by Gasteiger charge is 2.09. The highest BCUT2D eigenvalue weighted by Crippen LogP contribution is 2.22. The van der Waals surface area contributed by atoms with Crippen molar-refractivity contribution in [3.05, 3.63) is 29.8 Å². The summed E-state index contributed by atoms with van der Waals surface area (Å²) in [5, 5.41) is 17.7. The molecule has 0 aromatic heterocycles. The lowest BCUT2D eigenvalue weighted by atomic mass is 9.98. The molecule has 0 heterocycles. The highest BCUT2D eigenvalue weighted by atomic mass is 16.4. The van der Waals surface area contributed by atoms with Gasteiger partial charge in [-0.1, -0.05) is 19.1 Å². The molecule has 0 saturated carbocycles. The molecule has 0 spiro atoms. The van der Waals surface area contributed by atoms with Gasteiger partial charge in [-0.3, -0.25) is 4.79 Å². The molecule has 0 saturated heterocycles. The number of carboxylic acids is 1. The van der Waals surface area contributed by atoms with E-state index >= 15 is 0 Å². The molecule has 0 radical (unpaired) electrons. The van der Waals surface area contributed by atoms with E-state index in [-0.39, 0.29) is 18.1 Å². The third kappa shape index (κ3) is 2.78. The van der Waals surface area contributed by atoms with Crippen LogP contribution in [-0.4, -0.2) is 16.2 Å². The first kappa shape index (κ1) is 9.58. The molecular weight excluding hydrogens is 168 g/mol. The first-order valence-corrected chi connectivity index (χ1v) is 4.10. The van der Waals surface area contributed by atoms with E-state index in [0.717, 1.165) is 5.56 Å². The fraction of sp³-hybridized carbons (Fsp3) is 0.300. The molecule has 2 N–H and O–H groups in total. The van der Waals surface area contributed by atoms with Crippen molar-refractivity contribution in [3.63, 3.8) is 0 Å². The largest absolute Gasteiger partial charge is 0.508 e. The van der Waals surface area contributed by atoms with Gasteiger partial charge in [0, 0.05) is 0 Å². The Hall–Kier alpha value is -1.51. The number of hydrogen-bond donors (Lipinski definition) is 2. The maximum absolute atomic E-state index is 10.4. The fourth-order valence-electron chi connectivity index (χ4n) is 1.21. The van der Waals surface area contributed by atoms with Crippen LogP contribution in [0.4, 0.5) is 0 Å². The molecule has 3 heteroatoms. The maximum atomic E-state index is 10.4. The average Bonchev–Trinajstić information content (AvgIpc) is 2.03. The number of carbonyl (C=O) groups is 1. The van der Waals surface area contributed by atoms with Crippen LogP contribution in [-0.2, 0) is 4.79 Å². The molecule has 0 aliphatic rings. The summed E-state index contributed by atoms with van der Waals surface area (Å²) in [4.78, 5) is 10.4. The van der Waals surface area contributed by atoms with Crippen molar-refractivity contribution < 1.29 is 15.0 Å². The lowest BCUT2D eigenvalue weighted by Crippen LogP contribution is -2.02. The molecule has 1 aromatic carbocycles. The van der Waals surface area contributed by atoms with E-state index in [1.165, 1.54) is 0 Å². The number of hydrogen-bond acceptors (Lipinski definition) is 2. The summed E-state index contributed by atoms with van der Waals surface area (Å²) in [7, 11) is 0. The standard InChI is InChI=1S/C10H12O3/c1-7(5-10(12)13)8-3-2-4-9(11)6-8/h2-4,6-7,11H,5H2,1H3,(H,12,13)/t7-/m1/s1. The lowest BCUT2D eigenvalue weighted by Gasteiger charge is -2.08. The van der Waals surface area contributed by atoms with E-state index in [1.54, 1.807) is 18.2 Å². The minimum atomic E-state index is -0.823. The maximum Gasteiger partial charge on any atom is 0.303 e. The van der Waals surface area contributed by atoms with Crippen molar-refractivity contribution in [1.82, 2.24) is 0 Å². The molecule has 0 aliphatic heterocycles. The Labute approximate surface area is 76.6 Å². The Morgan fingerprint density at radius 1 is 1.54 bits per heavy atom. The number of phenols is 1. The van der Waals surface area contributed by atoms with Gasteiger partial charge in [0.05, 0.1) is 6.42 Å². The lowest BCUT2D eigenvalue weighted by molar-refractivity contribution is -0.137. The topological polar surface area (TPSA) is 57.5 Å². The molecule has 70 valence electrons. The summed E-state index contributed by atoms with van der Waals surface area (Å²) in [6.45, 7) is 1.82. The minimum absolute atomic E-state index is 0.0652. The molecule has 0 fully saturated rings. The Morgan fingerprint density at radius 2 is 2.23 bits per heavy atom. The number of carboxylic acid groups (broad SMARTS) is 1. The third-order valence-corrected chi connectivity index (χ3v) is 1.92. The Balaban J connectivity index is 2.76. The van der Waals surface area contributed by atoms with Crippen molar-refractivity contribution in [2.45, 2.75) is 19.3 Å². The third-order valence-electron chi connectivity index (χ3n) is 1.92. The van der Waals surface area contributed by atoms with Crippen molar-refractivity contribution in [3.8, 4) is 5.75 Å². The highest BCUT2D eigenvalue weighted by molar-refractivity contribution is 5.68. The average molecular weight is 180 g/mol. The molecule has 3 nitrogen and oxygen atoms in total. The van der Waals surface area contributed by atoms with E-state index in [4.69, 9.17) is 10.2 Å². The van der Waals surface area contributed by atoms with Gasteiger partial charge in [0.2, 0.25) is 0 Å². The predicted octanol–water partition coefficient (Wildman–Crippen LogP) is 1.97. The molecular formula is C10H12O3. The number of aromatic hydroxyl groups is 1. The van der Waals surface area contributed by atoms with Crippen molar-refractivity contribution in [1.29, 1.82) is 0 Å². The van der Waals surface area contributed by atoms with Gasteiger partial charge >= 0.3 is 5.97 Å². The number of benzene rings is 1. The van der Waals surface area contributed by atoms with Gasteiger partial charge < -0.3 is 10.2 Å². The van der Waals surface area contributed by atoms with Gasteiger partial charge in [-0.05, 0) is 23.6 Å². The zero-order valence-electron chi connectivity index (χ0n) is 7.40. The smallest absolute Gasteiger partial charge is 0.303 e. The van der Waals surface area contributed by atoms with Crippen LogP contribution < -0.4 is 0 Å². The zero-order chi connectivity index (χ0) is 9.84. The van der Waals surface area contributed by atoms with Crippen LogP contribution in [0.2, 0.25) is 0 Å². The molecule has 1 aromatic rings. The van der Waals surface area contributed by atoms with Gasteiger partial charge in [0.15, 0.2) is 0 Å². The SMILES string of the molecule is C[C@H](CC(=O)O)c1cccc(O)c1. The Morgan fingerprint density at radius 3 is 2.77 bits per heavy atom.